The Bertz CT molecular complexity index is 186. The Morgan fingerprint density at radius 2 is 1.91 bits per heavy atom. The lowest BCUT2D eigenvalue weighted by atomic mass is 10.4. The molecule has 1 rings (SSSR count). The van der Waals surface area contributed by atoms with Crippen LogP contribution >= 0.6 is 0 Å². The highest BCUT2D eigenvalue weighted by Gasteiger charge is 2.28. The first-order valence-corrected chi connectivity index (χ1v) is 3.28. The smallest absolute Gasteiger partial charge is 0.244 e. The van der Waals surface area contributed by atoms with E-state index in [9.17, 15) is 14.4 Å². The summed E-state index contributed by atoms with van der Waals surface area (Å²) in [7, 11) is 0. The van der Waals surface area contributed by atoms with Gasteiger partial charge in [0.1, 0.15) is 6.29 Å². The number of hydrogen-bond acceptors (Lipinski definition) is 4. The summed E-state index contributed by atoms with van der Waals surface area (Å²) in [5.41, 5.74) is 2.40. The first-order chi connectivity index (χ1) is 5.25. The van der Waals surface area contributed by atoms with Crippen LogP contribution in [0.15, 0.2) is 0 Å². The molecule has 1 N–H and O–H groups in total. The van der Waals surface area contributed by atoms with Crippen LogP contribution in [0.2, 0.25) is 0 Å². The van der Waals surface area contributed by atoms with E-state index >= 15 is 0 Å². The molecule has 60 valence electrons. The maximum Gasteiger partial charge on any atom is 0.244 e. The highest BCUT2D eigenvalue weighted by atomic mass is 16.2. The van der Waals surface area contributed by atoms with Crippen LogP contribution in [-0.2, 0) is 14.4 Å². The van der Waals surface area contributed by atoms with Crippen LogP contribution in [-0.4, -0.2) is 29.7 Å². The van der Waals surface area contributed by atoms with Crippen LogP contribution in [0.5, 0.6) is 0 Å². The molecule has 1 fully saturated rings. The number of imide groups is 1. The fourth-order valence-electron chi connectivity index (χ4n) is 0.881. The molecule has 0 saturated carbocycles. The van der Waals surface area contributed by atoms with Crippen molar-refractivity contribution in [3.63, 3.8) is 0 Å². The molecule has 11 heavy (non-hydrogen) atoms. The van der Waals surface area contributed by atoms with Crippen molar-refractivity contribution in [2.45, 2.75) is 12.8 Å². The number of nitrogens with zero attached hydrogens (tertiary/aromatic N) is 1. The van der Waals surface area contributed by atoms with E-state index in [2.05, 4.69) is 5.43 Å². The lowest BCUT2D eigenvalue weighted by Crippen LogP contribution is -2.42. The molecular weight excluding hydrogens is 148 g/mol. The van der Waals surface area contributed by atoms with Gasteiger partial charge in [-0.3, -0.25) is 9.59 Å². The molecule has 0 aliphatic carbocycles. The Kier molecular flexibility index (Phi) is 2.32. The van der Waals surface area contributed by atoms with E-state index in [1.807, 2.05) is 0 Å². The lowest BCUT2D eigenvalue weighted by Gasteiger charge is -2.11. The minimum absolute atomic E-state index is 0.00250. The third-order valence-electron chi connectivity index (χ3n) is 1.38. The quantitative estimate of drug-likeness (QED) is 0.413. The monoisotopic (exact) mass is 156 g/mol. The molecule has 0 unspecified atom stereocenters. The van der Waals surface area contributed by atoms with Crippen molar-refractivity contribution in [2.75, 3.05) is 6.54 Å². The molecule has 1 aliphatic rings. The summed E-state index contributed by atoms with van der Waals surface area (Å²) in [5.74, 6) is -0.534. The summed E-state index contributed by atoms with van der Waals surface area (Å²) in [6.45, 7) is -0.00250. The van der Waals surface area contributed by atoms with Crippen LogP contribution in [0, 0.1) is 0 Å². The molecule has 0 aromatic heterocycles. The van der Waals surface area contributed by atoms with E-state index in [1.54, 1.807) is 0 Å². The zero-order valence-electron chi connectivity index (χ0n) is 5.87. The van der Waals surface area contributed by atoms with Crippen molar-refractivity contribution in [3.8, 4) is 0 Å². The number of hydrogen-bond donors (Lipinski definition) is 1. The van der Waals surface area contributed by atoms with Gasteiger partial charge in [-0.2, -0.15) is 0 Å². The van der Waals surface area contributed by atoms with Crippen molar-refractivity contribution in [1.82, 2.24) is 10.4 Å². The molecule has 0 atom stereocenters. The fraction of sp³-hybridized carbons (Fsp3) is 0.500. The number of aldehydes is 1. The molecule has 0 spiro atoms. The summed E-state index contributed by atoms with van der Waals surface area (Å²) < 4.78 is 0. The van der Waals surface area contributed by atoms with Crippen LogP contribution in [0.4, 0.5) is 0 Å². The molecule has 1 saturated heterocycles. The number of nitrogens with one attached hydrogen (secondary N) is 1. The molecule has 5 nitrogen and oxygen atoms in total. The Morgan fingerprint density at radius 1 is 1.36 bits per heavy atom. The maximum atomic E-state index is 10.8. The third kappa shape index (κ3) is 1.62. The van der Waals surface area contributed by atoms with Gasteiger partial charge in [-0.05, 0) is 0 Å². The summed E-state index contributed by atoms with van der Waals surface area (Å²) >= 11 is 0. The van der Waals surface area contributed by atoms with E-state index in [-0.39, 0.29) is 31.2 Å². The molecule has 2 amide bonds. The van der Waals surface area contributed by atoms with Crippen molar-refractivity contribution in [3.05, 3.63) is 0 Å². The molecule has 0 aromatic rings. The van der Waals surface area contributed by atoms with Crippen molar-refractivity contribution in [2.24, 2.45) is 0 Å². The summed E-state index contributed by atoms with van der Waals surface area (Å²) in [6, 6.07) is 0. The van der Waals surface area contributed by atoms with Gasteiger partial charge in [-0.1, -0.05) is 0 Å². The highest BCUT2D eigenvalue weighted by Crippen LogP contribution is 2.07. The Morgan fingerprint density at radius 3 is 2.36 bits per heavy atom. The molecular formula is C6H8N2O3. The fourth-order valence-corrected chi connectivity index (χ4v) is 0.881. The number of hydrazine groups is 1. The standard InChI is InChI=1S/C6H8N2O3/c9-4-3-7-8-5(10)1-2-6(8)11/h4,7H,1-3H2. The predicted molar refractivity (Wildman–Crippen MR) is 35.2 cm³/mol. The first kappa shape index (κ1) is 7.87. The second-order valence-corrected chi connectivity index (χ2v) is 2.15. The van der Waals surface area contributed by atoms with Gasteiger partial charge in [-0.25, -0.2) is 10.4 Å². The van der Waals surface area contributed by atoms with Crippen molar-refractivity contribution >= 4 is 18.1 Å². The lowest BCUT2D eigenvalue weighted by molar-refractivity contribution is -0.142. The summed E-state index contributed by atoms with van der Waals surface area (Å²) in [5, 5.41) is 0.897. The third-order valence-corrected chi connectivity index (χ3v) is 1.38. The molecule has 1 heterocycles. The largest absolute Gasteiger partial charge is 0.302 e. The number of carbonyl (C=O) groups is 3. The van der Waals surface area contributed by atoms with Gasteiger partial charge >= 0.3 is 0 Å². The van der Waals surface area contributed by atoms with Gasteiger partial charge in [0.05, 0.1) is 6.54 Å². The van der Waals surface area contributed by atoms with Crippen LogP contribution < -0.4 is 5.43 Å². The van der Waals surface area contributed by atoms with Gasteiger partial charge in [0.25, 0.3) is 0 Å². The molecule has 0 bridgehead atoms. The minimum Gasteiger partial charge on any atom is -0.302 e. The number of rotatable bonds is 3. The zero-order valence-corrected chi connectivity index (χ0v) is 5.87. The first-order valence-electron chi connectivity index (χ1n) is 3.28. The Balaban J connectivity index is 2.47. The van der Waals surface area contributed by atoms with E-state index < -0.39 is 0 Å². The zero-order chi connectivity index (χ0) is 8.27. The van der Waals surface area contributed by atoms with E-state index in [0.29, 0.717) is 6.29 Å². The Labute approximate surface area is 63.3 Å². The predicted octanol–water partition coefficient (Wildman–Crippen LogP) is -1.16. The van der Waals surface area contributed by atoms with Crippen molar-refractivity contribution < 1.29 is 14.4 Å². The summed E-state index contributed by atoms with van der Waals surface area (Å²) in [4.78, 5) is 31.5. The number of carbonyl (C=O) groups excluding carboxylic acids is 3. The number of amides is 2. The molecule has 0 aromatic carbocycles. The topological polar surface area (TPSA) is 66.5 Å². The van der Waals surface area contributed by atoms with Gasteiger partial charge in [0, 0.05) is 12.8 Å². The van der Waals surface area contributed by atoms with Gasteiger partial charge in [0.15, 0.2) is 0 Å². The Hall–Kier alpha value is -1.23. The van der Waals surface area contributed by atoms with Crippen LogP contribution in [0.25, 0.3) is 0 Å². The maximum absolute atomic E-state index is 10.8. The second-order valence-electron chi connectivity index (χ2n) is 2.15. The average molecular weight is 156 g/mol. The average Bonchev–Trinajstić information content (AvgIpc) is 2.29. The minimum atomic E-state index is -0.267. The highest BCUT2D eigenvalue weighted by molar-refractivity contribution is 6.01. The molecule has 5 heteroatoms. The molecule has 1 aliphatic heterocycles. The van der Waals surface area contributed by atoms with Crippen LogP contribution in [0.1, 0.15) is 12.8 Å². The second kappa shape index (κ2) is 3.25. The van der Waals surface area contributed by atoms with Gasteiger partial charge in [-0.15, -0.1) is 0 Å². The van der Waals surface area contributed by atoms with Gasteiger partial charge in [0.2, 0.25) is 11.8 Å². The van der Waals surface area contributed by atoms with Crippen molar-refractivity contribution in [1.29, 1.82) is 0 Å². The SMILES string of the molecule is O=CCNN1C(=O)CCC1=O. The van der Waals surface area contributed by atoms with E-state index in [1.165, 1.54) is 0 Å². The van der Waals surface area contributed by atoms with E-state index in [0.717, 1.165) is 5.01 Å². The van der Waals surface area contributed by atoms with Gasteiger partial charge < -0.3 is 4.79 Å². The molecule has 0 radical (unpaired) electrons. The van der Waals surface area contributed by atoms with Crippen LogP contribution in [0.3, 0.4) is 0 Å². The van der Waals surface area contributed by atoms with E-state index in [4.69, 9.17) is 0 Å². The summed E-state index contributed by atoms with van der Waals surface area (Å²) in [6.07, 6.45) is 1.08. The normalized spacial score (nSPS) is 17.6.